The summed E-state index contributed by atoms with van der Waals surface area (Å²) in [6.07, 6.45) is 0. The predicted octanol–water partition coefficient (Wildman–Crippen LogP) is 3.05. The average Bonchev–Trinajstić information content (AvgIpc) is 2.92. The van der Waals surface area contributed by atoms with Crippen LogP contribution in [-0.4, -0.2) is 20.8 Å². The highest BCUT2D eigenvalue weighted by molar-refractivity contribution is 7.99. The lowest BCUT2D eigenvalue weighted by Gasteiger charge is -2.19. The molecule has 20 heavy (non-hydrogen) atoms. The van der Waals surface area contributed by atoms with Crippen molar-refractivity contribution in [1.82, 2.24) is 14.8 Å². The van der Waals surface area contributed by atoms with E-state index < -0.39 is 0 Å². The zero-order valence-corrected chi connectivity index (χ0v) is 13.9. The molecule has 0 fully saturated rings. The highest BCUT2D eigenvalue weighted by Crippen LogP contribution is 2.40. The summed E-state index contributed by atoms with van der Waals surface area (Å²) in [6, 6.07) is 3.79. The van der Waals surface area contributed by atoms with Crippen LogP contribution >= 0.6 is 34.7 Å². The Hall–Kier alpha value is -0.760. The van der Waals surface area contributed by atoms with Crippen LogP contribution in [0.25, 0.3) is 0 Å². The van der Waals surface area contributed by atoms with Gasteiger partial charge in [-0.3, -0.25) is 4.57 Å². The molecule has 0 aliphatic heterocycles. The van der Waals surface area contributed by atoms with Gasteiger partial charge in [-0.25, -0.2) is 9.89 Å². The third-order valence-electron chi connectivity index (χ3n) is 2.77. The number of halogens is 1. The molecule has 2 unspecified atom stereocenters. The first kappa shape index (κ1) is 15.6. The molecule has 2 heterocycles. The molecule has 0 bridgehead atoms. The van der Waals surface area contributed by atoms with Gasteiger partial charge < -0.3 is 5.73 Å². The number of rotatable bonds is 5. The number of hydrogen-bond acceptors (Lipinski definition) is 5. The monoisotopic (exact) mass is 332 g/mol. The Morgan fingerprint density at radius 1 is 1.45 bits per heavy atom. The highest BCUT2D eigenvalue weighted by Gasteiger charge is 2.23. The summed E-state index contributed by atoms with van der Waals surface area (Å²) in [4.78, 5) is 12.8. The molecule has 0 radical (unpaired) electrons. The van der Waals surface area contributed by atoms with Crippen LogP contribution in [-0.2, 0) is 0 Å². The van der Waals surface area contributed by atoms with Crippen LogP contribution < -0.4 is 11.4 Å². The fourth-order valence-corrected chi connectivity index (χ4v) is 4.44. The molecule has 3 N–H and O–H groups in total. The standard InChI is InChI=1S/C12H17ClN4OS2/c1-6(2)17-11(18)15-16-12(17)20-10(7(3)14)8-4-5-9(13)19-8/h4-7,10H,14H2,1-3H3,(H,15,18). The molecule has 0 aliphatic carbocycles. The second-order valence-corrected chi connectivity index (χ2v) is 7.67. The quantitative estimate of drug-likeness (QED) is 0.825. The second kappa shape index (κ2) is 6.34. The van der Waals surface area contributed by atoms with Crippen molar-refractivity contribution in [2.75, 3.05) is 0 Å². The molecule has 2 rings (SSSR count). The lowest BCUT2D eigenvalue weighted by molar-refractivity contribution is 0.532. The second-order valence-electron chi connectivity index (χ2n) is 4.81. The van der Waals surface area contributed by atoms with Crippen LogP contribution in [0, 0.1) is 0 Å². The van der Waals surface area contributed by atoms with E-state index in [1.807, 2.05) is 32.9 Å². The van der Waals surface area contributed by atoms with Gasteiger partial charge in [-0.2, -0.15) is 0 Å². The molecule has 0 saturated carbocycles. The normalized spacial score (nSPS) is 14.7. The van der Waals surface area contributed by atoms with Gasteiger partial charge in [0.1, 0.15) is 0 Å². The Morgan fingerprint density at radius 3 is 2.65 bits per heavy atom. The van der Waals surface area contributed by atoms with Gasteiger partial charge in [0, 0.05) is 17.0 Å². The van der Waals surface area contributed by atoms with E-state index in [1.165, 1.54) is 23.1 Å². The van der Waals surface area contributed by atoms with Crippen molar-refractivity contribution < 1.29 is 0 Å². The summed E-state index contributed by atoms with van der Waals surface area (Å²) in [5.74, 6) is 0. The van der Waals surface area contributed by atoms with Crippen molar-refractivity contribution in [3.05, 3.63) is 31.8 Å². The Bertz CT molecular complexity index is 631. The van der Waals surface area contributed by atoms with Gasteiger partial charge in [-0.15, -0.1) is 16.4 Å². The van der Waals surface area contributed by atoms with E-state index in [0.717, 1.165) is 9.21 Å². The number of thiophene rings is 1. The van der Waals surface area contributed by atoms with Gasteiger partial charge in [0.15, 0.2) is 5.16 Å². The minimum Gasteiger partial charge on any atom is -0.327 e. The Kier molecular flexibility index (Phi) is 4.95. The first-order valence-electron chi connectivity index (χ1n) is 6.24. The molecular formula is C12H17ClN4OS2. The van der Waals surface area contributed by atoms with Gasteiger partial charge >= 0.3 is 5.69 Å². The number of nitrogens with two attached hydrogens (primary N) is 1. The molecule has 0 saturated heterocycles. The van der Waals surface area contributed by atoms with Crippen LogP contribution in [0.2, 0.25) is 4.34 Å². The summed E-state index contributed by atoms with van der Waals surface area (Å²) < 4.78 is 2.37. The fourth-order valence-electron chi connectivity index (χ4n) is 1.85. The number of hydrogen-bond donors (Lipinski definition) is 2. The van der Waals surface area contributed by atoms with E-state index in [1.54, 1.807) is 4.57 Å². The summed E-state index contributed by atoms with van der Waals surface area (Å²) >= 11 is 8.98. The molecular weight excluding hydrogens is 316 g/mol. The third kappa shape index (κ3) is 3.28. The van der Waals surface area contributed by atoms with E-state index >= 15 is 0 Å². The molecule has 2 aromatic heterocycles. The van der Waals surface area contributed by atoms with Gasteiger partial charge in [-0.05, 0) is 32.9 Å². The Balaban J connectivity index is 2.32. The van der Waals surface area contributed by atoms with Gasteiger partial charge in [-0.1, -0.05) is 23.4 Å². The highest BCUT2D eigenvalue weighted by atomic mass is 35.5. The van der Waals surface area contributed by atoms with Crippen LogP contribution in [0.1, 0.15) is 36.9 Å². The van der Waals surface area contributed by atoms with E-state index in [2.05, 4.69) is 10.2 Å². The SMILES string of the molecule is CC(N)C(Sc1n[nH]c(=O)n1C(C)C)c1ccc(Cl)s1. The molecule has 2 atom stereocenters. The van der Waals surface area contributed by atoms with E-state index in [9.17, 15) is 4.79 Å². The van der Waals surface area contributed by atoms with Crippen LogP contribution in [0.15, 0.2) is 22.1 Å². The summed E-state index contributed by atoms with van der Waals surface area (Å²) in [7, 11) is 0. The molecule has 8 heteroatoms. The molecule has 0 spiro atoms. The van der Waals surface area contributed by atoms with Crippen LogP contribution in [0.3, 0.4) is 0 Å². The summed E-state index contributed by atoms with van der Waals surface area (Å²) in [5.41, 5.74) is 5.88. The molecule has 2 aromatic rings. The van der Waals surface area contributed by atoms with E-state index in [4.69, 9.17) is 17.3 Å². The third-order valence-corrected chi connectivity index (χ3v) is 5.67. The van der Waals surface area contributed by atoms with Crippen molar-refractivity contribution in [3.63, 3.8) is 0 Å². The molecule has 0 aliphatic rings. The summed E-state index contributed by atoms with van der Waals surface area (Å²) in [5, 5.41) is 7.25. The van der Waals surface area contributed by atoms with Crippen molar-refractivity contribution in [2.45, 2.75) is 43.3 Å². The molecule has 0 aromatic carbocycles. The largest absolute Gasteiger partial charge is 0.344 e. The maximum atomic E-state index is 11.8. The number of aromatic amines is 1. The smallest absolute Gasteiger partial charge is 0.327 e. The first-order chi connectivity index (χ1) is 9.40. The zero-order chi connectivity index (χ0) is 14.9. The Morgan fingerprint density at radius 2 is 2.15 bits per heavy atom. The van der Waals surface area contributed by atoms with Crippen molar-refractivity contribution in [2.24, 2.45) is 5.73 Å². The van der Waals surface area contributed by atoms with Crippen molar-refractivity contribution >= 4 is 34.7 Å². The fraction of sp³-hybridized carbons (Fsp3) is 0.500. The van der Waals surface area contributed by atoms with Crippen molar-refractivity contribution in [1.29, 1.82) is 0 Å². The zero-order valence-electron chi connectivity index (χ0n) is 11.5. The minimum atomic E-state index is -0.199. The number of H-pyrrole nitrogens is 1. The molecule has 0 amide bonds. The van der Waals surface area contributed by atoms with Crippen LogP contribution in [0.4, 0.5) is 0 Å². The number of thioether (sulfide) groups is 1. The lowest BCUT2D eigenvalue weighted by Crippen LogP contribution is -2.23. The van der Waals surface area contributed by atoms with Crippen LogP contribution in [0.5, 0.6) is 0 Å². The van der Waals surface area contributed by atoms with Gasteiger partial charge in [0.2, 0.25) is 0 Å². The number of nitrogens with zero attached hydrogens (tertiary/aromatic N) is 2. The Labute approximate surface area is 130 Å². The maximum Gasteiger partial charge on any atom is 0.344 e. The number of aromatic nitrogens is 3. The topological polar surface area (TPSA) is 76.7 Å². The van der Waals surface area contributed by atoms with Gasteiger partial charge in [0.05, 0.1) is 9.59 Å². The molecule has 5 nitrogen and oxygen atoms in total. The van der Waals surface area contributed by atoms with E-state index in [-0.39, 0.29) is 23.0 Å². The van der Waals surface area contributed by atoms with Gasteiger partial charge in [0.25, 0.3) is 0 Å². The van der Waals surface area contributed by atoms with E-state index in [0.29, 0.717) is 5.16 Å². The maximum absolute atomic E-state index is 11.8. The lowest BCUT2D eigenvalue weighted by atomic mass is 10.2. The van der Waals surface area contributed by atoms with Crippen molar-refractivity contribution in [3.8, 4) is 0 Å². The first-order valence-corrected chi connectivity index (χ1v) is 8.32. The molecule has 110 valence electrons. The number of nitrogens with one attached hydrogen (secondary N) is 1. The predicted molar refractivity (Wildman–Crippen MR) is 84.8 cm³/mol. The minimum absolute atomic E-state index is 0.0141. The summed E-state index contributed by atoms with van der Waals surface area (Å²) in [6.45, 7) is 5.84. The average molecular weight is 333 g/mol.